The smallest absolute Gasteiger partial charge is 0.0636 e. The van der Waals surface area contributed by atoms with Crippen molar-refractivity contribution in [2.45, 2.75) is 24.6 Å². The van der Waals surface area contributed by atoms with Crippen molar-refractivity contribution in [1.82, 2.24) is 4.90 Å². The molecule has 1 aliphatic heterocycles. The largest absolute Gasteiger partial charge is 0.292 e. The van der Waals surface area contributed by atoms with Crippen molar-refractivity contribution >= 4 is 11.8 Å². The summed E-state index contributed by atoms with van der Waals surface area (Å²) in [7, 11) is 2.21. The summed E-state index contributed by atoms with van der Waals surface area (Å²) in [5.41, 5.74) is 0. The van der Waals surface area contributed by atoms with Gasteiger partial charge in [0.05, 0.1) is 4.87 Å². The van der Waals surface area contributed by atoms with Crippen LogP contribution in [-0.4, -0.2) is 29.6 Å². The first kappa shape index (κ1) is 7.42. The Morgan fingerprint density at radius 2 is 2.22 bits per heavy atom. The van der Waals surface area contributed by atoms with Crippen LogP contribution in [0.3, 0.4) is 0 Å². The minimum Gasteiger partial charge on any atom is -0.292 e. The third-order valence-electron chi connectivity index (χ3n) is 2.38. The summed E-state index contributed by atoms with van der Waals surface area (Å²) in [5.74, 6) is 0. The number of hydrogen-bond acceptors (Lipinski definition) is 2. The van der Waals surface area contributed by atoms with Crippen LogP contribution in [0.15, 0.2) is 0 Å². The van der Waals surface area contributed by atoms with E-state index in [9.17, 15) is 0 Å². The van der Waals surface area contributed by atoms with Crippen molar-refractivity contribution in [2.24, 2.45) is 0 Å². The van der Waals surface area contributed by atoms with Crippen LogP contribution < -0.4 is 0 Å². The van der Waals surface area contributed by atoms with Crippen LogP contribution in [0.4, 0.5) is 0 Å². The van der Waals surface area contributed by atoms with Gasteiger partial charge >= 0.3 is 0 Å². The van der Waals surface area contributed by atoms with E-state index in [1.165, 1.54) is 19.4 Å². The lowest BCUT2D eigenvalue weighted by Crippen LogP contribution is -2.33. The van der Waals surface area contributed by atoms with E-state index in [0.29, 0.717) is 4.87 Å². The second kappa shape index (κ2) is 2.51. The predicted molar refractivity (Wildman–Crippen MR) is 43.8 cm³/mol. The Labute approximate surface area is 61.8 Å². The number of likely N-dealkylation sites (tertiary alicyclic amines) is 1. The number of hydrogen-bond donors (Lipinski definition) is 0. The van der Waals surface area contributed by atoms with Crippen LogP contribution in [0.5, 0.6) is 0 Å². The molecule has 0 aliphatic carbocycles. The van der Waals surface area contributed by atoms with Gasteiger partial charge in [-0.2, -0.15) is 0 Å². The topological polar surface area (TPSA) is 3.24 Å². The lowest BCUT2D eigenvalue weighted by molar-refractivity contribution is 0.298. The van der Waals surface area contributed by atoms with E-state index in [1.807, 2.05) is 11.8 Å². The maximum absolute atomic E-state index is 2.44. The zero-order chi connectivity index (χ0) is 6.91. The summed E-state index contributed by atoms with van der Waals surface area (Å²) in [4.78, 5) is 2.89. The number of rotatable bonds is 1. The van der Waals surface area contributed by atoms with Crippen LogP contribution in [0.2, 0.25) is 0 Å². The van der Waals surface area contributed by atoms with E-state index < -0.39 is 0 Å². The first-order chi connectivity index (χ1) is 4.19. The monoisotopic (exact) mass is 145 g/mol. The van der Waals surface area contributed by atoms with E-state index in [-0.39, 0.29) is 0 Å². The van der Waals surface area contributed by atoms with Gasteiger partial charge in [-0.1, -0.05) is 0 Å². The highest BCUT2D eigenvalue weighted by Crippen LogP contribution is 2.35. The SMILES string of the molecule is CSC1(C)CCCN1C. The van der Waals surface area contributed by atoms with Crippen LogP contribution in [0.25, 0.3) is 0 Å². The summed E-state index contributed by atoms with van der Waals surface area (Å²) >= 11 is 1.97. The first-order valence-electron chi connectivity index (χ1n) is 3.45. The van der Waals surface area contributed by atoms with E-state index in [4.69, 9.17) is 0 Å². The van der Waals surface area contributed by atoms with Gasteiger partial charge in [-0.05, 0) is 39.6 Å². The summed E-state index contributed by atoms with van der Waals surface area (Å²) in [6.07, 6.45) is 4.92. The molecule has 1 atom stereocenters. The maximum atomic E-state index is 2.44. The van der Waals surface area contributed by atoms with Crippen LogP contribution in [0.1, 0.15) is 19.8 Å². The average Bonchev–Trinajstić information content (AvgIpc) is 2.15. The van der Waals surface area contributed by atoms with Crippen molar-refractivity contribution in [1.29, 1.82) is 0 Å². The van der Waals surface area contributed by atoms with Crippen molar-refractivity contribution < 1.29 is 0 Å². The van der Waals surface area contributed by atoms with Gasteiger partial charge in [0.25, 0.3) is 0 Å². The molecule has 2 heteroatoms. The molecular formula is C7H15NS. The summed E-state index contributed by atoms with van der Waals surface area (Å²) < 4.78 is 0. The third-order valence-corrected chi connectivity index (χ3v) is 3.78. The molecular weight excluding hydrogens is 130 g/mol. The Kier molecular flexibility index (Phi) is 2.07. The Hall–Kier alpha value is 0.310. The minimum absolute atomic E-state index is 0.444. The molecule has 1 fully saturated rings. The Morgan fingerprint density at radius 3 is 2.44 bits per heavy atom. The number of thioether (sulfide) groups is 1. The van der Waals surface area contributed by atoms with Gasteiger partial charge < -0.3 is 0 Å². The fraction of sp³-hybridized carbons (Fsp3) is 1.00. The molecule has 0 spiro atoms. The van der Waals surface area contributed by atoms with Crippen molar-refractivity contribution in [2.75, 3.05) is 19.8 Å². The zero-order valence-corrected chi connectivity index (χ0v) is 7.29. The zero-order valence-electron chi connectivity index (χ0n) is 6.48. The Balaban J connectivity index is 2.56. The molecule has 54 valence electrons. The molecule has 0 bridgehead atoms. The highest BCUT2D eigenvalue weighted by atomic mass is 32.2. The van der Waals surface area contributed by atoms with Gasteiger partial charge in [0.1, 0.15) is 0 Å². The Morgan fingerprint density at radius 1 is 1.56 bits per heavy atom. The molecule has 0 N–H and O–H groups in total. The molecule has 1 saturated heterocycles. The second-order valence-electron chi connectivity index (χ2n) is 2.90. The molecule has 1 aliphatic rings. The summed E-state index contributed by atoms with van der Waals surface area (Å²) in [5, 5.41) is 0. The average molecular weight is 145 g/mol. The molecule has 0 aromatic heterocycles. The van der Waals surface area contributed by atoms with Gasteiger partial charge in [-0.15, -0.1) is 11.8 Å². The van der Waals surface area contributed by atoms with E-state index in [1.54, 1.807) is 0 Å². The molecule has 9 heavy (non-hydrogen) atoms. The second-order valence-corrected chi connectivity index (χ2v) is 4.19. The van der Waals surface area contributed by atoms with Crippen LogP contribution in [0, 0.1) is 0 Å². The molecule has 1 heterocycles. The van der Waals surface area contributed by atoms with Crippen molar-refractivity contribution in [3.8, 4) is 0 Å². The highest BCUT2D eigenvalue weighted by Gasteiger charge is 2.32. The fourth-order valence-electron chi connectivity index (χ4n) is 1.33. The quantitative estimate of drug-likeness (QED) is 0.553. The first-order valence-corrected chi connectivity index (χ1v) is 4.68. The van der Waals surface area contributed by atoms with Crippen molar-refractivity contribution in [3.63, 3.8) is 0 Å². The molecule has 0 saturated carbocycles. The Bertz CT molecular complexity index is 105. The third kappa shape index (κ3) is 1.24. The molecule has 0 radical (unpaired) electrons. The van der Waals surface area contributed by atoms with E-state index in [2.05, 4.69) is 25.1 Å². The fourth-order valence-corrected chi connectivity index (χ4v) is 2.08. The molecule has 1 unspecified atom stereocenters. The maximum Gasteiger partial charge on any atom is 0.0636 e. The summed E-state index contributed by atoms with van der Waals surface area (Å²) in [6, 6.07) is 0. The standard InChI is InChI=1S/C7H15NS/c1-7(9-3)5-4-6-8(7)2/h4-6H2,1-3H3. The van der Waals surface area contributed by atoms with E-state index in [0.717, 1.165) is 0 Å². The molecule has 1 nitrogen and oxygen atoms in total. The normalized spacial score (nSPS) is 37.7. The van der Waals surface area contributed by atoms with Crippen LogP contribution in [-0.2, 0) is 0 Å². The van der Waals surface area contributed by atoms with Crippen LogP contribution >= 0.6 is 11.8 Å². The molecule has 0 aromatic rings. The molecule has 0 aromatic carbocycles. The van der Waals surface area contributed by atoms with E-state index >= 15 is 0 Å². The predicted octanol–water partition coefficient (Wildman–Crippen LogP) is 1.79. The van der Waals surface area contributed by atoms with Gasteiger partial charge in [-0.3, -0.25) is 4.90 Å². The van der Waals surface area contributed by atoms with Gasteiger partial charge in [0.15, 0.2) is 0 Å². The van der Waals surface area contributed by atoms with Gasteiger partial charge in [0, 0.05) is 0 Å². The molecule has 0 amide bonds. The lowest BCUT2D eigenvalue weighted by atomic mass is 10.2. The lowest BCUT2D eigenvalue weighted by Gasteiger charge is -2.29. The highest BCUT2D eigenvalue weighted by molar-refractivity contribution is 7.99. The van der Waals surface area contributed by atoms with Gasteiger partial charge in [-0.25, -0.2) is 0 Å². The van der Waals surface area contributed by atoms with Gasteiger partial charge in [0.2, 0.25) is 0 Å². The summed E-state index contributed by atoms with van der Waals surface area (Å²) in [6.45, 7) is 3.60. The number of nitrogens with zero attached hydrogens (tertiary/aromatic N) is 1. The molecule has 1 rings (SSSR count). The minimum atomic E-state index is 0.444. The van der Waals surface area contributed by atoms with Crippen molar-refractivity contribution in [3.05, 3.63) is 0 Å².